The summed E-state index contributed by atoms with van der Waals surface area (Å²) in [6.07, 6.45) is 1.90. The molecule has 1 N–H and O–H groups in total. The van der Waals surface area contributed by atoms with Crippen LogP contribution in [0.1, 0.15) is 19.4 Å². The molecule has 2 aromatic carbocycles. The molecule has 1 aromatic heterocycles. The second-order valence-electron chi connectivity index (χ2n) is 7.93. The highest BCUT2D eigenvalue weighted by Crippen LogP contribution is 2.29. The Kier molecular flexibility index (Phi) is 7.03. The minimum Gasteiger partial charge on any atom is -0.372 e. The lowest BCUT2D eigenvalue weighted by Crippen LogP contribution is -2.45. The van der Waals surface area contributed by atoms with Crippen LogP contribution in [0.25, 0.3) is 5.69 Å². The molecule has 2 atom stereocenters. The second-order valence-corrected chi connectivity index (χ2v) is 9.28. The van der Waals surface area contributed by atoms with E-state index < -0.39 is 0 Å². The molecular formula is C23H26ClN5O2S. The summed E-state index contributed by atoms with van der Waals surface area (Å²) in [6.45, 7) is 7.66. The number of hydrogen-bond donors (Lipinski definition) is 1. The summed E-state index contributed by atoms with van der Waals surface area (Å²) in [5.41, 5.74) is 3.66. The van der Waals surface area contributed by atoms with Crippen LogP contribution in [0.2, 0.25) is 5.02 Å². The molecule has 7 nitrogen and oxygen atoms in total. The fourth-order valence-corrected chi connectivity index (χ4v) is 4.68. The van der Waals surface area contributed by atoms with Crippen molar-refractivity contribution in [1.82, 2.24) is 14.8 Å². The summed E-state index contributed by atoms with van der Waals surface area (Å²) in [5, 5.41) is 12.5. The number of hydrogen-bond acceptors (Lipinski definition) is 6. The van der Waals surface area contributed by atoms with Crippen LogP contribution >= 0.6 is 23.4 Å². The number of thioether (sulfide) groups is 1. The SMILES string of the molecule is Cc1ccc(-n2cnnc2SCC(=O)Nc2ccccc2N2CC(C)OC(C)C2)cc1Cl. The van der Waals surface area contributed by atoms with Crippen molar-refractivity contribution in [2.24, 2.45) is 0 Å². The maximum absolute atomic E-state index is 12.8. The zero-order chi connectivity index (χ0) is 22.7. The number of benzene rings is 2. The topological polar surface area (TPSA) is 72.3 Å². The van der Waals surface area contributed by atoms with E-state index in [9.17, 15) is 4.79 Å². The first-order chi connectivity index (χ1) is 15.4. The molecule has 2 unspecified atom stereocenters. The fraction of sp³-hybridized carbons (Fsp3) is 0.348. The van der Waals surface area contributed by atoms with Gasteiger partial charge in [0.1, 0.15) is 6.33 Å². The van der Waals surface area contributed by atoms with E-state index in [1.54, 1.807) is 6.33 Å². The molecule has 1 aliphatic heterocycles. The van der Waals surface area contributed by atoms with Crippen LogP contribution in [-0.4, -0.2) is 51.7 Å². The number of nitrogens with zero attached hydrogens (tertiary/aromatic N) is 4. The molecule has 0 radical (unpaired) electrons. The Morgan fingerprint density at radius 2 is 1.97 bits per heavy atom. The van der Waals surface area contributed by atoms with Crippen LogP contribution < -0.4 is 10.2 Å². The zero-order valence-electron chi connectivity index (χ0n) is 18.3. The smallest absolute Gasteiger partial charge is 0.234 e. The van der Waals surface area contributed by atoms with Gasteiger partial charge in [0.25, 0.3) is 0 Å². The molecule has 1 amide bonds. The zero-order valence-corrected chi connectivity index (χ0v) is 19.9. The quantitative estimate of drug-likeness (QED) is 0.531. The Bertz CT molecular complexity index is 1100. The van der Waals surface area contributed by atoms with Gasteiger partial charge >= 0.3 is 0 Å². The van der Waals surface area contributed by atoms with Crippen molar-refractivity contribution in [1.29, 1.82) is 0 Å². The Labute approximate surface area is 197 Å². The maximum Gasteiger partial charge on any atom is 0.234 e. The van der Waals surface area contributed by atoms with E-state index in [4.69, 9.17) is 16.3 Å². The van der Waals surface area contributed by atoms with Gasteiger partial charge < -0.3 is 15.0 Å². The van der Waals surface area contributed by atoms with Gasteiger partial charge in [0.2, 0.25) is 5.91 Å². The lowest BCUT2D eigenvalue weighted by molar-refractivity contribution is -0.113. The summed E-state index contributed by atoms with van der Waals surface area (Å²) in [6, 6.07) is 13.6. The number of anilines is 2. The molecule has 0 bridgehead atoms. The highest BCUT2D eigenvalue weighted by molar-refractivity contribution is 7.99. The average Bonchev–Trinajstić information content (AvgIpc) is 3.22. The van der Waals surface area contributed by atoms with Crippen molar-refractivity contribution < 1.29 is 9.53 Å². The Hall–Kier alpha value is -2.55. The summed E-state index contributed by atoms with van der Waals surface area (Å²) in [5.74, 6) is 0.107. The number of carbonyl (C=O) groups is 1. The number of nitrogens with one attached hydrogen (secondary N) is 1. The van der Waals surface area contributed by atoms with Gasteiger partial charge in [-0.05, 0) is 50.6 Å². The molecule has 0 saturated carbocycles. The molecule has 1 aliphatic rings. The van der Waals surface area contributed by atoms with E-state index in [2.05, 4.69) is 34.3 Å². The number of ether oxygens (including phenoxy) is 1. The number of para-hydroxylation sites is 2. The average molecular weight is 472 g/mol. The van der Waals surface area contributed by atoms with E-state index >= 15 is 0 Å². The molecule has 0 spiro atoms. The molecule has 0 aliphatic carbocycles. The van der Waals surface area contributed by atoms with Gasteiger partial charge in [-0.1, -0.05) is 41.6 Å². The van der Waals surface area contributed by atoms with E-state index in [-0.39, 0.29) is 23.9 Å². The molecular weight excluding hydrogens is 446 g/mol. The molecule has 32 heavy (non-hydrogen) atoms. The fourth-order valence-electron chi connectivity index (χ4n) is 3.78. The number of rotatable bonds is 6. The third-order valence-electron chi connectivity index (χ3n) is 5.22. The van der Waals surface area contributed by atoms with Crippen LogP contribution in [0.3, 0.4) is 0 Å². The van der Waals surface area contributed by atoms with Gasteiger partial charge in [-0.25, -0.2) is 0 Å². The third-order valence-corrected chi connectivity index (χ3v) is 6.57. The van der Waals surface area contributed by atoms with Crippen molar-refractivity contribution in [2.75, 3.05) is 29.1 Å². The lowest BCUT2D eigenvalue weighted by Gasteiger charge is -2.37. The standard InChI is InChI=1S/C23H26ClN5O2S/c1-15-8-9-18(10-19(15)24)29-14-25-27-23(29)32-13-22(30)26-20-6-4-5-7-21(20)28-11-16(2)31-17(3)12-28/h4-10,14,16-17H,11-13H2,1-3H3,(H,26,30). The van der Waals surface area contributed by atoms with Crippen molar-refractivity contribution in [2.45, 2.75) is 38.1 Å². The lowest BCUT2D eigenvalue weighted by atomic mass is 10.1. The van der Waals surface area contributed by atoms with Gasteiger partial charge in [0, 0.05) is 18.1 Å². The minimum absolute atomic E-state index is 0.103. The first kappa shape index (κ1) is 22.6. The predicted molar refractivity (Wildman–Crippen MR) is 129 cm³/mol. The number of aromatic nitrogens is 3. The molecule has 9 heteroatoms. The van der Waals surface area contributed by atoms with E-state index in [1.165, 1.54) is 11.8 Å². The molecule has 1 saturated heterocycles. The maximum atomic E-state index is 12.8. The van der Waals surface area contributed by atoms with Crippen LogP contribution in [0.4, 0.5) is 11.4 Å². The summed E-state index contributed by atoms with van der Waals surface area (Å²) >= 11 is 7.59. The first-order valence-corrected chi connectivity index (χ1v) is 11.9. The van der Waals surface area contributed by atoms with Gasteiger partial charge in [-0.3, -0.25) is 9.36 Å². The first-order valence-electron chi connectivity index (χ1n) is 10.5. The number of morpholine rings is 1. The highest BCUT2D eigenvalue weighted by atomic mass is 35.5. The number of aryl methyl sites for hydroxylation is 1. The van der Waals surface area contributed by atoms with Crippen LogP contribution in [0.15, 0.2) is 53.9 Å². The van der Waals surface area contributed by atoms with Gasteiger partial charge in [0.15, 0.2) is 5.16 Å². The molecule has 1 fully saturated rings. The predicted octanol–water partition coefficient (Wildman–Crippen LogP) is 4.57. The number of amides is 1. The summed E-state index contributed by atoms with van der Waals surface area (Å²) in [7, 11) is 0. The van der Waals surface area contributed by atoms with Crippen LogP contribution in [0, 0.1) is 6.92 Å². The third kappa shape index (κ3) is 5.26. The van der Waals surface area contributed by atoms with Gasteiger partial charge in [-0.15, -0.1) is 10.2 Å². The van der Waals surface area contributed by atoms with E-state index in [0.717, 1.165) is 35.7 Å². The largest absolute Gasteiger partial charge is 0.372 e. The van der Waals surface area contributed by atoms with Crippen molar-refractivity contribution >= 4 is 40.6 Å². The Balaban J connectivity index is 1.43. The summed E-state index contributed by atoms with van der Waals surface area (Å²) < 4.78 is 7.67. The van der Waals surface area contributed by atoms with Gasteiger partial charge in [0.05, 0.1) is 35.0 Å². The summed E-state index contributed by atoms with van der Waals surface area (Å²) in [4.78, 5) is 15.0. The van der Waals surface area contributed by atoms with Crippen LogP contribution in [-0.2, 0) is 9.53 Å². The van der Waals surface area contributed by atoms with E-state index in [0.29, 0.717) is 10.2 Å². The van der Waals surface area contributed by atoms with E-state index in [1.807, 2.05) is 54.0 Å². The molecule has 2 heterocycles. The molecule has 4 rings (SSSR count). The molecule has 3 aromatic rings. The highest BCUT2D eigenvalue weighted by Gasteiger charge is 2.24. The minimum atomic E-state index is -0.103. The monoisotopic (exact) mass is 471 g/mol. The molecule has 168 valence electrons. The van der Waals surface area contributed by atoms with Gasteiger partial charge in [-0.2, -0.15) is 0 Å². The van der Waals surface area contributed by atoms with Crippen molar-refractivity contribution in [3.8, 4) is 5.69 Å². The Morgan fingerprint density at radius 1 is 1.22 bits per heavy atom. The number of halogens is 1. The van der Waals surface area contributed by atoms with Crippen LogP contribution in [0.5, 0.6) is 0 Å². The second kappa shape index (κ2) is 9.94. The Morgan fingerprint density at radius 3 is 2.72 bits per heavy atom. The number of carbonyl (C=O) groups excluding carboxylic acids is 1. The van der Waals surface area contributed by atoms with Crippen molar-refractivity contribution in [3.05, 3.63) is 59.4 Å². The normalized spacial score (nSPS) is 18.6. The van der Waals surface area contributed by atoms with Crippen molar-refractivity contribution in [3.63, 3.8) is 0 Å².